The van der Waals surface area contributed by atoms with Crippen LogP contribution in [0.15, 0.2) is 0 Å². The van der Waals surface area contributed by atoms with Gasteiger partial charge in [0.2, 0.25) is 0 Å². The van der Waals surface area contributed by atoms with Gasteiger partial charge in [-0.1, -0.05) is 19.8 Å². The molecule has 0 aromatic heterocycles. The average molecular weight is 141 g/mol. The quantitative estimate of drug-likeness (QED) is 0.361. The molecule has 0 unspecified atom stereocenters. The monoisotopic (exact) mass is 141 g/mol. The summed E-state index contributed by atoms with van der Waals surface area (Å²) < 4.78 is 0. The fourth-order valence-corrected chi connectivity index (χ4v) is 0.401. The maximum atomic E-state index is 5.04. The third-order valence-corrected chi connectivity index (χ3v) is 0.856. The van der Waals surface area contributed by atoms with Crippen LogP contribution >= 0.6 is 0 Å². The topological polar surface area (TPSA) is 21.3 Å². The highest BCUT2D eigenvalue weighted by molar-refractivity contribution is 4.95. The Morgan fingerprint density at radius 1 is 1.50 bits per heavy atom. The van der Waals surface area contributed by atoms with Gasteiger partial charge in [0.25, 0.3) is 0 Å². The molecule has 10 heavy (non-hydrogen) atoms. The smallest absolute Gasteiger partial charge is 0.0821 e. The number of rotatable bonds is 4. The number of nitrogens with one attached hydrogen (secondary N) is 1. The maximum Gasteiger partial charge on any atom is 0.0821 e. The Bertz CT molecular complexity index is 121. The summed E-state index contributed by atoms with van der Waals surface area (Å²) in [6.07, 6.45) is 0. The van der Waals surface area contributed by atoms with E-state index in [0.717, 1.165) is 6.61 Å². The van der Waals surface area contributed by atoms with Crippen molar-refractivity contribution in [2.75, 3.05) is 13.2 Å². The Hall–Kier alpha value is -0.520. The minimum atomic E-state index is 0.571. The van der Waals surface area contributed by atoms with E-state index in [-0.39, 0.29) is 0 Å². The van der Waals surface area contributed by atoms with Gasteiger partial charge in [-0.05, 0) is 12.8 Å². The van der Waals surface area contributed by atoms with Crippen LogP contribution < -0.4 is 5.48 Å². The summed E-state index contributed by atoms with van der Waals surface area (Å²) in [5.41, 5.74) is 2.74. The molecule has 0 aromatic carbocycles. The van der Waals surface area contributed by atoms with E-state index in [2.05, 4.69) is 31.2 Å². The molecule has 0 saturated carbocycles. The molecule has 0 amide bonds. The Morgan fingerprint density at radius 2 is 2.20 bits per heavy atom. The molecule has 2 heteroatoms. The van der Waals surface area contributed by atoms with Crippen molar-refractivity contribution in [1.82, 2.24) is 5.48 Å². The minimum absolute atomic E-state index is 0.571. The van der Waals surface area contributed by atoms with Crippen LogP contribution in [0.25, 0.3) is 0 Å². The lowest BCUT2D eigenvalue weighted by atomic mass is 10.2. The molecule has 0 aliphatic heterocycles. The second-order valence-corrected chi connectivity index (χ2v) is 2.45. The van der Waals surface area contributed by atoms with E-state index < -0.39 is 0 Å². The standard InChI is InChI=1S/C8H15NO/c1-4-5-6-9-10-7-8(2)3/h8-9H,6-7H2,1-3H3. The van der Waals surface area contributed by atoms with Crippen molar-refractivity contribution in [2.45, 2.75) is 20.8 Å². The molecule has 2 nitrogen and oxygen atoms in total. The molecular weight excluding hydrogens is 126 g/mol. The Kier molecular flexibility index (Phi) is 6.25. The predicted octanol–water partition coefficient (Wildman–Crippen LogP) is 1.19. The van der Waals surface area contributed by atoms with Crippen LogP contribution in [0.1, 0.15) is 20.8 Å². The van der Waals surface area contributed by atoms with E-state index in [9.17, 15) is 0 Å². The first-order valence-electron chi connectivity index (χ1n) is 3.51. The highest BCUT2D eigenvalue weighted by atomic mass is 16.6. The molecule has 0 aromatic rings. The lowest BCUT2D eigenvalue weighted by Crippen LogP contribution is -2.17. The lowest BCUT2D eigenvalue weighted by Gasteiger charge is -2.04. The Labute approximate surface area is 62.9 Å². The third kappa shape index (κ3) is 7.48. The van der Waals surface area contributed by atoms with Crippen molar-refractivity contribution in [2.24, 2.45) is 5.92 Å². The molecule has 0 saturated heterocycles. The summed E-state index contributed by atoms with van der Waals surface area (Å²) in [6.45, 7) is 7.37. The van der Waals surface area contributed by atoms with Crippen LogP contribution in [-0.4, -0.2) is 13.2 Å². The van der Waals surface area contributed by atoms with Crippen LogP contribution in [0.5, 0.6) is 0 Å². The molecular formula is C8H15NO. The lowest BCUT2D eigenvalue weighted by molar-refractivity contribution is 0.0317. The minimum Gasteiger partial charge on any atom is -0.301 e. The highest BCUT2D eigenvalue weighted by Crippen LogP contribution is 1.88. The number of hydrogen-bond donors (Lipinski definition) is 1. The second-order valence-electron chi connectivity index (χ2n) is 2.45. The molecule has 58 valence electrons. The van der Waals surface area contributed by atoms with Crippen molar-refractivity contribution < 1.29 is 4.84 Å². The molecule has 0 aliphatic carbocycles. The summed E-state index contributed by atoms with van der Waals surface area (Å²) in [5.74, 6) is 6.17. The first kappa shape index (κ1) is 9.48. The third-order valence-electron chi connectivity index (χ3n) is 0.856. The van der Waals surface area contributed by atoms with Gasteiger partial charge in [0.1, 0.15) is 0 Å². The predicted molar refractivity (Wildman–Crippen MR) is 42.2 cm³/mol. The van der Waals surface area contributed by atoms with Gasteiger partial charge in [0.05, 0.1) is 13.2 Å². The van der Waals surface area contributed by atoms with Crippen LogP contribution in [-0.2, 0) is 4.84 Å². The molecule has 0 fully saturated rings. The average Bonchev–Trinajstić information content (AvgIpc) is 1.87. The van der Waals surface area contributed by atoms with Gasteiger partial charge in [-0.2, -0.15) is 5.48 Å². The normalized spacial score (nSPS) is 9.20. The molecule has 0 aliphatic rings. The zero-order chi connectivity index (χ0) is 7.82. The van der Waals surface area contributed by atoms with Gasteiger partial charge in [-0.3, -0.25) is 0 Å². The second kappa shape index (κ2) is 6.60. The van der Waals surface area contributed by atoms with Crippen LogP contribution in [0.2, 0.25) is 0 Å². The highest BCUT2D eigenvalue weighted by Gasteiger charge is 1.90. The number of hydroxylamine groups is 1. The molecule has 0 bridgehead atoms. The summed E-state index contributed by atoms with van der Waals surface area (Å²) in [4.78, 5) is 5.04. The molecule has 0 rings (SSSR count). The first-order valence-corrected chi connectivity index (χ1v) is 3.51. The molecule has 1 N–H and O–H groups in total. The molecule has 0 atom stereocenters. The van der Waals surface area contributed by atoms with E-state index in [0.29, 0.717) is 12.5 Å². The van der Waals surface area contributed by atoms with Crippen LogP contribution in [0.4, 0.5) is 0 Å². The van der Waals surface area contributed by atoms with Crippen molar-refractivity contribution >= 4 is 0 Å². The van der Waals surface area contributed by atoms with Crippen molar-refractivity contribution in [1.29, 1.82) is 0 Å². The maximum absolute atomic E-state index is 5.04. The van der Waals surface area contributed by atoms with Gasteiger partial charge in [0, 0.05) is 0 Å². The van der Waals surface area contributed by atoms with Gasteiger partial charge in [-0.25, -0.2) is 0 Å². The largest absolute Gasteiger partial charge is 0.301 e. The first-order chi connectivity index (χ1) is 4.77. The Balaban J connectivity index is 2.96. The molecule has 0 radical (unpaired) electrons. The van der Waals surface area contributed by atoms with E-state index in [1.54, 1.807) is 0 Å². The van der Waals surface area contributed by atoms with Crippen molar-refractivity contribution in [3.63, 3.8) is 0 Å². The summed E-state index contributed by atoms with van der Waals surface area (Å²) >= 11 is 0. The van der Waals surface area contributed by atoms with Gasteiger partial charge in [0.15, 0.2) is 0 Å². The SMILES string of the molecule is CC#CCNOCC(C)C. The van der Waals surface area contributed by atoms with Gasteiger partial charge >= 0.3 is 0 Å². The van der Waals surface area contributed by atoms with Gasteiger partial charge in [-0.15, -0.1) is 5.92 Å². The fourth-order valence-electron chi connectivity index (χ4n) is 0.401. The zero-order valence-electron chi connectivity index (χ0n) is 6.90. The van der Waals surface area contributed by atoms with E-state index in [1.807, 2.05) is 6.92 Å². The fraction of sp³-hybridized carbons (Fsp3) is 0.750. The molecule has 0 spiro atoms. The van der Waals surface area contributed by atoms with Crippen molar-refractivity contribution in [3.8, 4) is 11.8 Å². The van der Waals surface area contributed by atoms with Gasteiger partial charge < -0.3 is 4.84 Å². The van der Waals surface area contributed by atoms with E-state index in [1.165, 1.54) is 0 Å². The number of hydrogen-bond acceptors (Lipinski definition) is 2. The Morgan fingerprint density at radius 3 is 2.70 bits per heavy atom. The van der Waals surface area contributed by atoms with Crippen molar-refractivity contribution in [3.05, 3.63) is 0 Å². The molecule has 0 heterocycles. The summed E-state index contributed by atoms with van der Waals surface area (Å²) in [5, 5.41) is 0. The summed E-state index contributed by atoms with van der Waals surface area (Å²) in [7, 11) is 0. The van der Waals surface area contributed by atoms with E-state index >= 15 is 0 Å². The zero-order valence-corrected chi connectivity index (χ0v) is 6.90. The summed E-state index contributed by atoms with van der Waals surface area (Å²) in [6, 6.07) is 0. The van der Waals surface area contributed by atoms with E-state index in [4.69, 9.17) is 4.84 Å². The van der Waals surface area contributed by atoms with Crippen LogP contribution in [0.3, 0.4) is 0 Å². The van der Waals surface area contributed by atoms with Crippen LogP contribution in [0, 0.1) is 17.8 Å².